The number of amides is 1. The highest BCUT2D eigenvalue weighted by molar-refractivity contribution is 6.04. The molecule has 2 heterocycles. The van der Waals surface area contributed by atoms with Crippen molar-refractivity contribution in [1.82, 2.24) is 20.3 Å². The average molecular weight is 471 g/mol. The molecule has 1 fully saturated rings. The zero-order valence-electron chi connectivity index (χ0n) is 19.3. The number of para-hydroxylation sites is 1. The summed E-state index contributed by atoms with van der Waals surface area (Å²) in [5.41, 5.74) is 3.66. The van der Waals surface area contributed by atoms with Gasteiger partial charge in [-0.3, -0.25) is 4.79 Å². The van der Waals surface area contributed by atoms with Gasteiger partial charge in [0, 0.05) is 37.1 Å². The minimum absolute atomic E-state index is 0.0359. The number of carbonyl (C=O) groups excluding carboxylic acids is 1. The lowest BCUT2D eigenvalue weighted by atomic mass is 10.0. The van der Waals surface area contributed by atoms with Crippen molar-refractivity contribution < 1.29 is 9.18 Å². The van der Waals surface area contributed by atoms with E-state index in [4.69, 9.17) is 0 Å². The van der Waals surface area contributed by atoms with Gasteiger partial charge in [-0.25, -0.2) is 4.39 Å². The molecule has 0 radical (unpaired) electrons. The number of benzene rings is 3. The molecule has 0 bridgehead atoms. The number of hydrogen-bond donors (Lipinski definition) is 2. The van der Waals surface area contributed by atoms with Crippen molar-refractivity contribution in [2.24, 2.45) is 0 Å². The molecule has 1 aliphatic heterocycles. The minimum atomic E-state index is -0.529. The Morgan fingerprint density at radius 1 is 0.914 bits per heavy atom. The molecule has 7 nitrogen and oxygen atoms in total. The molecule has 5 rings (SSSR count). The summed E-state index contributed by atoms with van der Waals surface area (Å²) < 4.78 is 13.8. The van der Waals surface area contributed by atoms with Gasteiger partial charge in [-0.15, -0.1) is 0 Å². The predicted molar refractivity (Wildman–Crippen MR) is 134 cm³/mol. The molecular weight excluding hydrogens is 443 g/mol. The number of piperidine rings is 1. The second-order valence-electron chi connectivity index (χ2n) is 8.58. The Morgan fingerprint density at radius 3 is 2.37 bits per heavy atom. The van der Waals surface area contributed by atoms with E-state index >= 15 is 0 Å². The van der Waals surface area contributed by atoms with Crippen LogP contribution in [0.4, 0.5) is 15.8 Å². The Labute approximate surface area is 203 Å². The van der Waals surface area contributed by atoms with Gasteiger partial charge in [0.05, 0.1) is 23.1 Å². The Bertz CT molecular complexity index is 1270. The van der Waals surface area contributed by atoms with Gasteiger partial charge in [0.15, 0.2) is 0 Å². The fourth-order valence-electron chi connectivity index (χ4n) is 4.25. The molecule has 0 spiro atoms. The van der Waals surface area contributed by atoms with Crippen LogP contribution in [-0.4, -0.2) is 40.0 Å². The van der Waals surface area contributed by atoms with E-state index in [0.717, 1.165) is 43.0 Å². The van der Waals surface area contributed by atoms with Gasteiger partial charge in [0.1, 0.15) is 5.82 Å². The predicted octanol–water partition coefficient (Wildman–Crippen LogP) is 4.42. The van der Waals surface area contributed by atoms with E-state index in [0.29, 0.717) is 18.3 Å². The van der Waals surface area contributed by atoms with E-state index in [1.165, 1.54) is 12.1 Å². The van der Waals surface area contributed by atoms with Crippen LogP contribution >= 0.6 is 0 Å². The number of rotatable bonds is 7. The summed E-state index contributed by atoms with van der Waals surface area (Å²) in [7, 11) is 0. The molecule has 4 aromatic rings. The minimum Gasteiger partial charge on any atom is -0.371 e. The van der Waals surface area contributed by atoms with Crippen LogP contribution in [0.15, 0.2) is 85.1 Å². The highest BCUT2D eigenvalue weighted by Crippen LogP contribution is 2.23. The zero-order chi connectivity index (χ0) is 24.0. The van der Waals surface area contributed by atoms with Gasteiger partial charge >= 0.3 is 0 Å². The van der Waals surface area contributed by atoms with Gasteiger partial charge < -0.3 is 15.5 Å². The van der Waals surface area contributed by atoms with E-state index in [1.807, 2.05) is 60.8 Å². The number of carbonyl (C=O) groups is 1. The Hall–Kier alpha value is -4.04. The maximum Gasteiger partial charge on any atom is 0.258 e. The first-order valence-corrected chi connectivity index (χ1v) is 11.8. The highest BCUT2D eigenvalue weighted by Gasteiger charge is 2.20. The molecular formula is C27H27FN6O. The molecule has 0 unspecified atom stereocenters. The average Bonchev–Trinajstić information content (AvgIpc) is 3.38. The van der Waals surface area contributed by atoms with E-state index in [-0.39, 0.29) is 5.56 Å². The van der Waals surface area contributed by atoms with E-state index in [9.17, 15) is 9.18 Å². The Balaban J connectivity index is 1.09. The third kappa shape index (κ3) is 5.55. The number of aromatic nitrogens is 3. The van der Waals surface area contributed by atoms with Crippen molar-refractivity contribution in [3.63, 3.8) is 0 Å². The van der Waals surface area contributed by atoms with Crippen LogP contribution < -0.4 is 15.5 Å². The molecule has 0 atom stereocenters. The summed E-state index contributed by atoms with van der Waals surface area (Å²) in [4.78, 5) is 16.3. The van der Waals surface area contributed by atoms with E-state index in [1.54, 1.807) is 16.9 Å². The number of nitrogens with one attached hydrogen (secondary N) is 2. The first-order chi connectivity index (χ1) is 17.2. The quantitative estimate of drug-likeness (QED) is 0.418. The number of hydrogen-bond acceptors (Lipinski definition) is 5. The Morgan fingerprint density at radius 2 is 1.63 bits per heavy atom. The maximum absolute atomic E-state index is 13.8. The van der Waals surface area contributed by atoms with E-state index in [2.05, 4.69) is 25.7 Å². The molecule has 8 heteroatoms. The molecule has 1 saturated heterocycles. The van der Waals surface area contributed by atoms with Crippen LogP contribution in [0.2, 0.25) is 0 Å². The molecule has 3 aromatic carbocycles. The lowest BCUT2D eigenvalue weighted by molar-refractivity contribution is 0.102. The van der Waals surface area contributed by atoms with Gasteiger partial charge in [0.2, 0.25) is 0 Å². The van der Waals surface area contributed by atoms with Crippen molar-refractivity contribution >= 4 is 17.3 Å². The van der Waals surface area contributed by atoms with Gasteiger partial charge in [0.25, 0.3) is 5.91 Å². The third-order valence-electron chi connectivity index (χ3n) is 6.20. The summed E-state index contributed by atoms with van der Waals surface area (Å²) in [6, 6.07) is 24.0. The molecule has 2 N–H and O–H groups in total. The van der Waals surface area contributed by atoms with Gasteiger partial charge in [-0.2, -0.15) is 15.0 Å². The smallest absolute Gasteiger partial charge is 0.258 e. The topological polar surface area (TPSA) is 75.1 Å². The summed E-state index contributed by atoms with van der Waals surface area (Å²) in [6.07, 6.45) is 3.86. The molecule has 0 saturated carbocycles. The van der Waals surface area contributed by atoms with Crippen molar-refractivity contribution in [1.29, 1.82) is 0 Å². The van der Waals surface area contributed by atoms with Crippen molar-refractivity contribution in [3.05, 3.63) is 102 Å². The standard InChI is InChI=1S/C27H27FN6O/c28-26-9-5-4-8-25(26)27(35)31-21-10-12-23(13-11-21)33-16-14-20(15-17-33)29-18-22-19-30-34(32-22)24-6-2-1-3-7-24/h1-13,19-20,29H,14-18H2,(H,31,35). The maximum atomic E-state index is 13.8. The summed E-state index contributed by atoms with van der Waals surface area (Å²) in [5, 5.41) is 15.3. The zero-order valence-corrected chi connectivity index (χ0v) is 19.3. The van der Waals surface area contributed by atoms with Crippen LogP contribution in [0.25, 0.3) is 5.69 Å². The molecule has 178 valence electrons. The second-order valence-corrected chi connectivity index (χ2v) is 8.58. The lowest BCUT2D eigenvalue weighted by Gasteiger charge is -2.34. The summed E-state index contributed by atoms with van der Waals surface area (Å²) >= 11 is 0. The van der Waals surface area contributed by atoms with Gasteiger partial charge in [-0.05, 0) is 61.4 Å². The molecule has 0 aliphatic carbocycles. The van der Waals surface area contributed by atoms with Crippen molar-refractivity contribution in [2.45, 2.75) is 25.4 Å². The molecule has 1 aromatic heterocycles. The van der Waals surface area contributed by atoms with Crippen LogP contribution in [0.1, 0.15) is 28.9 Å². The van der Waals surface area contributed by atoms with Crippen molar-refractivity contribution in [2.75, 3.05) is 23.3 Å². The summed E-state index contributed by atoms with van der Waals surface area (Å²) in [6.45, 7) is 2.57. The fraction of sp³-hybridized carbons (Fsp3) is 0.222. The monoisotopic (exact) mass is 470 g/mol. The lowest BCUT2D eigenvalue weighted by Crippen LogP contribution is -2.42. The van der Waals surface area contributed by atoms with Crippen LogP contribution in [0.5, 0.6) is 0 Å². The van der Waals surface area contributed by atoms with Crippen molar-refractivity contribution in [3.8, 4) is 5.69 Å². The SMILES string of the molecule is O=C(Nc1ccc(N2CCC(NCc3cnn(-c4ccccc4)n3)CC2)cc1)c1ccccc1F. The molecule has 1 aliphatic rings. The first-order valence-electron chi connectivity index (χ1n) is 11.8. The van der Waals surface area contributed by atoms with Crippen LogP contribution in [0, 0.1) is 5.82 Å². The largest absolute Gasteiger partial charge is 0.371 e. The molecule has 1 amide bonds. The van der Waals surface area contributed by atoms with E-state index < -0.39 is 11.7 Å². The third-order valence-corrected chi connectivity index (χ3v) is 6.20. The fourth-order valence-corrected chi connectivity index (χ4v) is 4.25. The number of halogens is 1. The Kier molecular flexibility index (Phi) is 6.81. The highest BCUT2D eigenvalue weighted by atomic mass is 19.1. The number of nitrogens with zero attached hydrogens (tertiary/aromatic N) is 4. The summed E-state index contributed by atoms with van der Waals surface area (Å²) in [5.74, 6) is -0.981. The van der Waals surface area contributed by atoms with Gasteiger partial charge in [-0.1, -0.05) is 30.3 Å². The van der Waals surface area contributed by atoms with Crippen LogP contribution in [-0.2, 0) is 6.54 Å². The number of anilines is 2. The second kappa shape index (κ2) is 10.5. The first kappa shape index (κ1) is 22.7. The van der Waals surface area contributed by atoms with Crippen LogP contribution in [0.3, 0.4) is 0 Å². The molecule has 35 heavy (non-hydrogen) atoms. The normalized spacial score (nSPS) is 14.1.